The van der Waals surface area contributed by atoms with Gasteiger partial charge in [-0.05, 0) is 37.3 Å². The highest BCUT2D eigenvalue weighted by atomic mass is 15.2. The lowest BCUT2D eigenvalue weighted by atomic mass is 9.93. The Morgan fingerprint density at radius 2 is 1.94 bits per heavy atom. The average molecular weight is 231 g/mol. The van der Waals surface area contributed by atoms with Gasteiger partial charge < -0.3 is 0 Å². The van der Waals surface area contributed by atoms with Crippen LogP contribution in [0.1, 0.15) is 45.1 Å². The van der Waals surface area contributed by atoms with Crippen LogP contribution in [-0.2, 0) is 6.54 Å². The fraction of sp³-hybridized carbons (Fsp3) is 0.625. The van der Waals surface area contributed by atoms with Crippen LogP contribution in [-0.4, -0.2) is 17.5 Å². The molecule has 1 saturated heterocycles. The van der Waals surface area contributed by atoms with Crippen molar-refractivity contribution >= 4 is 0 Å². The Kier molecular flexibility index (Phi) is 4.61. The zero-order valence-electron chi connectivity index (χ0n) is 11.2. The summed E-state index contributed by atoms with van der Waals surface area (Å²) in [5, 5.41) is 0. The molecule has 0 bridgehead atoms. The molecular weight excluding hydrogens is 206 g/mol. The van der Waals surface area contributed by atoms with Crippen LogP contribution in [0.5, 0.6) is 0 Å². The van der Waals surface area contributed by atoms with Crippen molar-refractivity contribution in [1.29, 1.82) is 0 Å². The predicted molar refractivity (Wildman–Crippen MR) is 73.9 cm³/mol. The molecule has 1 heterocycles. The molecule has 0 amide bonds. The molecule has 1 aliphatic rings. The Balaban J connectivity index is 1.96. The first kappa shape index (κ1) is 12.6. The quantitative estimate of drug-likeness (QED) is 0.754. The predicted octanol–water partition coefficient (Wildman–Crippen LogP) is 4.09. The van der Waals surface area contributed by atoms with Gasteiger partial charge in [0.2, 0.25) is 0 Å². The van der Waals surface area contributed by atoms with Gasteiger partial charge in [0.15, 0.2) is 0 Å². The second-order valence-electron chi connectivity index (χ2n) is 5.74. The van der Waals surface area contributed by atoms with E-state index in [1.165, 1.54) is 37.8 Å². The minimum atomic E-state index is 0.809. The lowest BCUT2D eigenvalue weighted by Gasteiger charge is -2.36. The Morgan fingerprint density at radius 3 is 2.65 bits per heavy atom. The molecule has 2 rings (SSSR count). The summed E-state index contributed by atoms with van der Waals surface area (Å²) in [5.41, 5.74) is 1.46. The fourth-order valence-electron chi connectivity index (χ4n) is 2.90. The summed E-state index contributed by atoms with van der Waals surface area (Å²) < 4.78 is 0. The van der Waals surface area contributed by atoms with Crippen LogP contribution < -0.4 is 0 Å². The van der Waals surface area contributed by atoms with E-state index in [4.69, 9.17) is 0 Å². The van der Waals surface area contributed by atoms with E-state index >= 15 is 0 Å². The average Bonchev–Trinajstić information content (AvgIpc) is 2.32. The van der Waals surface area contributed by atoms with Gasteiger partial charge in [0.25, 0.3) is 0 Å². The van der Waals surface area contributed by atoms with E-state index < -0.39 is 0 Å². The van der Waals surface area contributed by atoms with Crippen LogP contribution in [0.15, 0.2) is 30.3 Å². The number of likely N-dealkylation sites (tertiary alicyclic amines) is 1. The zero-order chi connectivity index (χ0) is 12.1. The molecule has 1 unspecified atom stereocenters. The largest absolute Gasteiger partial charge is 0.296 e. The molecule has 94 valence electrons. The van der Waals surface area contributed by atoms with Crippen molar-refractivity contribution in [2.24, 2.45) is 5.92 Å². The highest BCUT2D eigenvalue weighted by Gasteiger charge is 2.22. The van der Waals surface area contributed by atoms with Crippen LogP contribution in [0, 0.1) is 5.92 Å². The van der Waals surface area contributed by atoms with Crippen LogP contribution in [0.2, 0.25) is 0 Å². The summed E-state index contributed by atoms with van der Waals surface area (Å²) >= 11 is 0. The first-order valence-corrected chi connectivity index (χ1v) is 7.03. The maximum atomic E-state index is 2.69. The molecule has 1 aromatic rings. The first-order chi connectivity index (χ1) is 8.25. The van der Waals surface area contributed by atoms with Crippen molar-refractivity contribution in [2.45, 2.75) is 52.1 Å². The molecular formula is C16H25N. The number of nitrogens with zero attached hydrogens (tertiary/aromatic N) is 1. The van der Waals surface area contributed by atoms with Crippen LogP contribution in [0.25, 0.3) is 0 Å². The van der Waals surface area contributed by atoms with Crippen molar-refractivity contribution < 1.29 is 0 Å². The van der Waals surface area contributed by atoms with Gasteiger partial charge in [-0.15, -0.1) is 0 Å². The van der Waals surface area contributed by atoms with Crippen LogP contribution in [0.4, 0.5) is 0 Å². The summed E-state index contributed by atoms with van der Waals surface area (Å²) in [6.07, 6.45) is 5.54. The number of hydrogen-bond acceptors (Lipinski definition) is 1. The molecule has 0 N–H and O–H groups in total. The van der Waals surface area contributed by atoms with E-state index in [9.17, 15) is 0 Å². The lowest BCUT2D eigenvalue weighted by molar-refractivity contribution is 0.122. The summed E-state index contributed by atoms with van der Waals surface area (Å²) in [4.78, 5) is 2.69. The molecule has 1 aromatic carbocycles. The summed E-state index contributed by atoms with van der Waals surface area (Å²) in [6, 6.07) is 11.7. The highest BCUT2D eigenvalue weighted by Crippen LogP contribution is 2.24. The van der Waals surface area contributed by atoms with Gasteiger partial charge in [-0.3, -0.25) is 4.90 Å². The monoisotopic (exact) mass is 231 g/mol. The minimum absolute atomic E-state index is 0.809. The normalized spacial score (nSPS) is 21.9. The van der Waals surface area contributed by atoms with Crippen molar-refractivity contribution in [1.82, 2.24) is 4.90 Å². The minimum Gasteiger partial charge on any atom is -0.296 e. The molecule has 17 heavy (non-hydrogen) atoms. The van der Waals surface area contributed by atoms with Crippen molar-refractivity contribution in [3.63, 3.8) is 0 Å². The van der Waals surface area contributed by atoms with E-state index in [1.807, 2.05) is 0 Å². The fourth-order valence-corrected chi connectivity index (χ4v) is 2.90. The van der Waals surface area contributed by atoms with E-state index in [-0.39, 0.29) is 0 Å². The van der Waals surface area contributed by atoms with E-state index in [0.29, 0.717) is 0 Å². The Bertz CT molecular complexity index is 318. The summed E-state index contributed by atoms with van der Waals surface area (Å²) in [7, 11) is 0. The Labute approximate surface area is 106 Å². The third kappa shape index (κ3) is 3.85. The van der Waals surface area contributed by atoms with Gasteiger partial charge in [-0.1, -0.05) is 50.6 Å². The second kappa shape index (κ2) is 6.20. The zero-order valence-corrected chi connectivity index (χ0v) is 11.2. The van der Waals surface area contributed by atoms with Gasteiger partial charge in [0.05, 0.1) is 0 Å². The van der Waals surface area contributed by atoms with Crippen molar-refractivity contribution in [3.05, 3.63) is 35.9 Å². The Morgan fingerprint density at radius 1 is 1.18 bits per heavy atom. The Hall–Kier alpha value is -0.820. The van der Waals surface area contributed by atoms with Gasteiger partial charge in [-0.25, -0.2) is 0 Å². The van der Waals surface area contributed by atoms with Crippen molar-refractivity contribution in [3.8, 4) is 0 Å². The number of rotatable bonds is 4. The molecule has 0 aromatic heterocycles. The molecule has 0 saturated carbocycles. The van der Waals surface area contributed by atoms with Crippen molar-refractivity contribution in [2.75, 3.05) is 6.54 Å². The van der Waals surface area contributed by atoms with Crippen LogP contribution >= 0.6 is 0 Å². The molecule has 1 heteroatoms. The number of hydrogen-bond donors (Lipinski definition) is 0. The van der Waals surface area contributed by atoms with Gasteiger partial charge in [0, 0.05) is 12.6 Å². The van der Waals surface area contributed by atoms with Gasteiger partial charge in [-0.2, -0.15) is 0 Å². The SMILES string of the molecule is CC(C)CC1CCCCN1Cc1ccccc1. The summed E-state index contributed by atoms with van der Waals surface area (Å²) in [6.45, 7) is 7.11. The topological polar surface area (TPSA) is 3.24 Å². The molecule has 1 nitrogen and oxygen atoms in total. The molecule has 0 aliphatic carbocycles. The van der Waals surface area contributed by atoms with Crippen LogP contribution in [0.3, 0.4) is 0 Å². The molecule has 1 aliphatic heterocycles. The molecule has 0 spiro atoms. The summed E-state index contributed by atoms with van der Waals surface area (Å²) in [5.74, 6) is 0.816. The second-order valence-corrected chi connectivity index (χ2v) is 5.74. The van der Waals surface area contributed by atoms with Gasteiger partial charge in [0.1, 0.15) is 0 Å². The third-order valence-electron chi connectivity index (χ3n) is 3.72. The smallest absolute Gasteiger partial charge is 0.0236 e. The maximum Gasteiger partial charge on any atom is 0.0236 e. The first-order valence-electron chi connectivity index (χ1n) is 7.03. The lowest BCUT2D eigenvalue weighted by Crippen LogP contribution is -2.39. The van der Waals surface area contributed by atoms with E-state index in [2.05, 4.69) is 49.1 Å². The van der Waals surface area contributed by atoms with E-state index in [1.54, 1.807) is 0 Å². The number of benzene rings is 1. The number of piperidine rings is 1. The van der Waals surface area contributed by atoms with Gasteiger partial charge >= 0.3 is 0 Å². The molecule has 0 radical (unpaired) electrons. The molecule has 1 fully saturated rings. The molecule has 1 atom stereocenters. The maximum absolute atomic E-state index is 2.69. The van der Waals surface area contributed by atoms with E-state index in [0.717, 1.165) is 18.5 Å². The highest BCUT2D eigenvalue weighted by molar-refractivity contribution is 5.14. The third-order valence-corrected chi connectivity index (χ3v) is 3.72. The standard InChI is InChI=1S/C16H25N/c1-14(2)12-16-10-6-7-11-17(16)13-15-8-4-3-5-9-15/h3-5,8-9,14,16H,6-7,10-13H2,1-2H3.